The number of aromatic nitrogens is 2. The highest BCUT2D eigenvalue weighted by Crippen LogP contribution is 2.37. The van der Waals surface area contributed by atoms with Gasteiger partial charge in [0.05, 0.1) is 18.1 Å². The summed E-state index contributed by atoms with van der Waals surface area (Å²) in [5.74, 6) is -0.540. The van der Waals surface area contributed by atoms with Crippen LogP contribution in [0.4, 0.5) is 18.0 Å². The van der Waals surface area contributed by atoms with Crippen LogP contribution in [0.5, 0.6) is 5.88 Å². The Morgan fingerprint density at radius 1 is 1.27 bits per heavy atom. The van der Waals surface area contributed by atoms with Gasteiger partial charge in [0.2, 0.25) is 5.88 Å². The van der Waals surface area contributed by atoms with Crippen LogP contribution in [-0.4, -0.2) is 28.4 Å². The fraction of sp³-hybridized carbons (Fsp3) is 0.429. The topological polar surface area (TPSA) is 53.4 Å². The first-order chi connectivity index (χ1) is 10.0. The van der Waals surface area contributed by atoms with Crippen molar-refractivity contribution in [3.05, 3.63) is 23.9 Å². The van der Waals surface area contributed by atoms with Crippen molar-refractivity contribution in [2.45, 2.75) is 32.5 Å². The van der Waals surface area contributed by atoms with Gasteiger partial charge in [0.25, 0.3) is 0 Å². The second kappa shape index (κ2) is 5.19. The van der Waals surface area contributed by atoms with Gasteiger partial charge in [-0.1, -0.05) is 0 Å². The zero-order chi connectivity index (χ0) is 16.7. The molecule has 2 aromatic heterocycles. The third kappa shape index (κ3) is 3.15. The Hall–Kier alpha value is -2.25. The molecule has 0 saturated carbocycles. The summed E-state index contributed by atoms with van der Waals surface area (Å²) in [6.45, 7) is 5.00. The van der Waals surface area contributed by atoms with Crippen LogP contribution in [0.25, 0.3) is 11.0 Å². The molecular weight excluding hydrogens is 301 g/mol. The summed E-state index contributed by atoms with van der Waals surface area (Å²) >= 11 is 0. The van der Waals surface area contributed by atoms with Gasteiger partial charge in [-0.05, 0) is 32.9 Å². The average Bonchev–Trinajstić information content (AvgIpc) is 2.76. The largest absolute Gasteiger partial charge is 0.481 e. The molecule has 5 nitrogen and oxygen atoms in total. The molecule has 0 atom stereocenters. The van der Waals surface area contributed by atoms with Crippen LogP contribution < -0.4 is 4.74 Å². The van der Waals surface area contributed by atoms with E-state index in [1.165, 1.54) is 12.3 Å². The molecule has 0 aliphatic heterocycles. The van der Waals surface area contributed by atoms with Gasteiger partial charge in [-0.25, -0.2) is 9.78 Å². The third-order valence-corrected chi connectivity index (χ3v) is 2.73. The van der Waals surface area contributed by atoms with Gasteiger partial charge in [-0.2, -0.15) is 13.2 Å². The zero-order valence-corrected chi connectivity index (χ0v) is 12.5. The molecule has 0 amide bonds. The minimum Gasteiger partial charge on any atom is -0.481 e. The molecule has 22 heavy (non-hydrogen) atoms. The van der Waals surface area contributed by atoms with Gasteiger partial charge in [-0.15, -0.1) is 0 Å². The minimum absolute atomic E-state index is 0.00220. The molecule has 120 valence electrons. The smallest absolute Gasteiger partial charge is 0.421 e. The highest BCUT2D eigenvalue weighted by atomic mass is 19.4. The van der Waals surface area contributed by atoms with Crippen molar-refractivity contribution in [1.82, 2.24) is 9.55 Å². The van der Waals surface area contributed by atoms with E-state index in [2.05, 4.69) is 9.72 Å². The molecule has 8 heteroatoms. The van der Waals surface area contributed by atoms with Crippen LogP contribution in [0.1, 0.15) is 26.3 Å². The molecule has 0 aromatic carbocycles. The maximum absolute atomic E-state index is 13.0. The van der Waals surface area contributed by atoms with Crippen molar-refractivity contribution in [2.24, 2.45) is 0 Å². The van der Waals surface area contributed by atoms with E-state index in [9.17, 15) is 18.0 Å². The van der Waals surface area contributed by atoms with E-state index in [-0.39, 0.29) is 11.0 Å². The molecule has 0 spiro atoms. The monoisotopic (exact) mass is 316 g/mol. The Morgan fingerprint density at radius 2 is 1.91 bits per heavy atom. The van der Waals surface area contributed by atoms with Crippen molar-refractivity contribution in [1.29, 1.82) is 0 Å². The number of nitrogens with zero attached hydrogens (tertiary/aromatic N) is 2. The number of carbonyl (C=O) groups is 1. The molecule has 0 aliphatic rings. The molecule has 2 rings (SSSR count). The van der Waals surface area contributed by atoms with Gasteiger partial charge < -0.3 is 9.47 Å². The molecule has 0 bridgehead atoms. The molecule has 0 fully saturated rings. The summed E-state index contributed by atoms with van der Waals surface area (Å²) in [5.41, 5.74) is -1.61. The van der Waals surface area contributed by atoms with E-state index < -0.39 is 29.3 Å². The zero-order valence-electron chi connectivity index (χ0n) is 12.5. The lowest BCUT2D eigenvalue weighted by Crippen LogP contribution is -2.26. The Labute approximate surface area is 124 Å². The molecule has 0 radical (unpaired) electrons. The Bertz CT molecular complexity index is 714. The normalized spacial score (nSPS) is 12.5. The number of ether oxygens (including phenoxy) is 2. The SMILES string of the molecule is COc1nc2ccn(C(=O)OC(C)(C)C)c2cc1C(F)(F)F. The van der Waals surface area contributed by atoms with Gasteiger partial charge in [0.1, 0.15) is 11.2 Å². The molecule has 0 unspecified atom stereocenters. The molecule has 0 N–H and O–H groups in total. The number of pyridine rings is 1. The first-order valence-electron chi connectivity index (χ1n) is 6.39. The molecular formula is C14H15F3N2O3. The van der Waals surface area contributed by atoms with E-state index in [0.717, 1.165) is 17.7 Å². The summed E-state index contributed by atoms with van der Waals surface area (Å²) in [5, 5.41) is 0. The summed E-state index contributed by atoms with van der Waals surface area (Å²) < 4.78 is 49.9. The minimum atomic E-state index is -4.64. The number of methoxy groups -OCH3 is 1. The van der Waals surface area contributed by atoms with Gasteiger partial charge in [0.15, 0.2) is 0 Å². The first kappa shape index (κ1) is 16.1. The van der Waals surface area contributed by atoms with Crippen molar-refractivity contribution in [3.8, 4) is 5.88 Å². The van der Waals surface area contributed by atoms with Crippen LogP contribution in [0, 0.1) is 0 Å². The summed E-state index contributed by atoms with van der Waals surface area (Å²) in [7, 11) is 1.11. The maximum Gasteiger partial charge on any atom is 0.421 e. The predicted molar refractivity (Wildman–Crippen MR) is 72.9 cm³/mol. The van der Waals surface area contributed by atoms with Crippen LogP contribution in [0.15, 0.2) is 18.3 Å². The number of alkyl halides is 3. The number of hydrogen-bond acceptors (Lipinski definition) is 4. The molecule has 0 aliphatic carbocycles. The molecule has 2 aromatic rings. The highest BCUT2D eigenvalue weighted by molar-refractivity contribution is 5.88. The van der Waals surface area contributed by atoms with E-state index in [1.807, 2.05) is 0 Å². The second-order valence-corrected chi connectivity index (χ2v) is 5.61. The lowest BCUT2D eigenvalue weighted by Gasteiger charge is -2.20. The van der Waals surface area contributed by atoms with E-state index >= 15 is 0 Å². The van der Waals surface area contributed by atoms with Gasteiger partial charge >= 0.3 is 12.3 Å². The van der Waals surface area contributed by atoms with Crippen molar-refractivity contribution < 1.29 is 27.4 Å². The van der Waals surface area contributed by atoms with E-state index in [4.69, 9.17) is 4.74 Å². The maximum atomic E-state index is 13.0. The summed E-state index contributed by atoms with van der Waals surface area (Å²) in [6.07, 6.45) is -4.11. The fourth-order valence-corrected chi connectivity index (χ4v) is 1.87. The van der Waals surface area contributed by atoms with Crippen molar-refractivity contribution >= 4 is 17.1 Å². The number of rotatable bonds is 1. The Kier molecular flexibility index (Phi) is 3.80. The number of halogens is 3. The lowest BCUT2D eigenvalue weighted by atomic mass is 10.2. The summed E-state index contributed by atoms with van der Waals surface area (Å²) in [6, 6.07) is 2.24. The number of fused-ring (bicyclic) bond motifs is 1. The van der Waals surface area contributed by atoms with Crippen LogP contribution >= 0.6 is 0 Å². The molecule has 2 heterocycles. The van der Waals surface area contributed by atoms with Crippen molar-refractivity contribution in [3.63, 3.8) is 0 Å². The van der Waals surface area contributed by atoms with Crippen LogP contribution in [-0.2, 0) is 10.9 Å². The Balaban J connectivity index is 2.58. The van der Waals surface area contributed by atoms with Crippen LogP contribution in [0.3, 0.4) is 0 Å². The second-order valence-electron chi connectivity index (χ2n) is 5.61. The Morgan fingerprint density at radius 3 is 2.41 bits per heavy atom. The third-order valence-electron chi connectivity index (χ3n) is 2.73. The van der Waals surface area contributed by atoms with E-state index in [1.54, 1.807) is 20.8 Å². The van der Waals surface area contributed by atoms with Crippen LogP contribution in [0.2, 0.25) is 0 Å². The van der Waals surface area contributed by atoms with E-state index in [0.29, 0.717) is 0 Å². The number of carbonyl (C=O) groups excluding carboxylic acids is 1. The lowest BCUT2D eigenvalue weighted by molar-refractivity contribution is -0.139. The standard InChI is InChI=1S/C14H15F3N2O3/c1-13(2,3)22-12(20)19-6-5-9-10(19)7-8(14(15,16)17)11(18-9)21-4/h5-7H,1-4H3. The fourth-order valence-electron chi connectivity index (χ4n) is 1.87. The quantitative estimate of drug-likeness (QED) is 0.802. The highest BCUT2D eigenvalue weighted by Gasteiger charge is 2.36. The first-order valence-corrected chi connectivity index (χ1v) is 6.39. The van der Waals surface area contributed by atoms with Crippen molar-refractivity contribution in [2.75, 3.05) is 7.11 Å². The predicted octanol–water partition coefficient (Wildman–Crippen LogP) is 3.85. The number of hydrogen-bond donors (Lipinski definition) is 0. The summed E-state index contributed by atoms with van der Waals surface area (Å²) in [4.78, 5) is 15.8. The van der Waals surface area contributed by atoms with Gasteiger partial charge in [-0.3, -0.25) is 4.57 Å². The van der Waals surface area contributed by atoms with Gasteiger partial charge in [0, 0.05) is 6.20 Å². The molecule has 0 saturated heterocycles. The average molecular weight is 316 g/mol.